The van der Waals surface area contributed by atoms with E-state index in [2.05, 4.69) is 5.32 Å². The Balaban J connectivity index is 2.29. The van der Waals surface area contributed by atoms with Crippen molar-refractivity contribution in [1.82, 2.24) is 5.32 Å². The van der Waals surface area contributed by atoms with Crippen molar-refractivity contribution in [3.05, 3.63) is 0 Å². The minimum atomic E-state index is -3.29. The van der Waals surface area contributed by atoms with Crippen LogP contribution in [0.1, 0.15) is 39.0 Å². The largest absolute Gasteiger partial charge is 0.466 e. The fourth-order valence-corrected chi connectivity index (χ4v) is 3.87. The van der Waals surface area contributed by atoms with Gasteiger partial charge in [-0.2, -0.15) is 0 Å². The second kappa shape index (κ2) is 7.47. The van der Waals surface area contributed by atoms with Crippen molar-refractivity contribution in [2.24, 2.45) is 0 Å². The molecule has 0 aliphatic carbocycles. The molecule has 1 rings (SSSR count). The SMILES string of the molecule is CCOC(=O)CCCNC(=O)C1CCCCS1(=O)=O. The van der Waals surface area contributed by atoms with Crippen LogP contribution in [0, 0.1) is 0 Å². The van der Waals surface area contributed by atoms with Crippen molar-refractivity contribution in [3.63, 3.8) is 0 Å². The fourth-order valence-electron chi connectivity index (χ4n) is 2.04. The predicted molar refractivity (Wildman–Crippen MR) is 70.3 cm³/mol. The first kappa shape index (κ1) is 15.9. The maximum atomic E-state index is 11.8. The Morgan fingerprint density at radius 3 is 2.68 bits per heavy atom. The van der Waals surface area contributed by atoms with Crippen LogP contribution < -0.4 is 5.32 Å². The number of carbonyl (C=O) groups is 2. The molecule has 0 aromatic carbocycles. The third kappa shape index (κ3) is 5.18. The van der Waals surface area contributed by atoms with Crippen LogP contribution in [-0.4, -0.2) is 44.4 Å². The molecule has 1 heterocycles. The van der Waals surface area contributed by atoms with E-state index in [1.165, 1.54) is 0 Å². The third-order valence-electron chi connectivity index (χ3n) is 3.03. The lowest BCUT2D eigenvalue weighted by molar-refractivity contribution is -0.143. The van der Waals surface area contributed by atoms with Crippen molar-refractivity contribution < 1.29 is 22.7 Å². The van der Waals surface area contributed by atoms with Crippen molar-refractivity contribution in [2.75, 3.05) is 18.9 Å². The summed E-state index contributed by atoms with van der Waals surface area (Å²) in [6.07, 6.45) is 2.48. The van der Waals surface area contributed by atoms with E-state index in [0.717, 1.165) is 6.42 Å². The molecular weight excluding hydrogens is 270 g/mol. The molecule has 0 radical (unpaired) electrons. The van der Waals surface area contributed by atoms with Gasteiger partial charge < -0.3 is 10.1 Å². The minimum absolute atomic E-state index is 0.0912. The number of carbonyl (C=O) groups excluding carboxylic acids is 2. The molecule has 1 fully saturated rings. The molecule has 1 atom stereocenters. The van der Waals surface area contributed by atoms with Gasteiger partial charge in [-0.05, 0) is 26.2 Å². The van der Waals surface area contributed by atoms with E-state index in [0.29, 0.717) is 32.4 Å². The molecule has 0 saturated carbocycles. The second-order valence-corrected chi connectivity index (χ2v) is 6.85. The van der Waals surface area contributed by atoms with Crippen molar-refractivity contribution in [3.8, 4) is 0 Å². The number of sulfone groups is 1. The number of ether oxygens (including phenoxy) is 1. The van der Waals surface area contributed by atoms with E-state index >= 15 is 0 Å². The topological polar surface area (TPSA) is 89.5 Å². The Bertz CT molecular complexity index is 418. The Hall–Kier alpha value is -1.11. The average molecular weight is 291 g/mol. The van der Waals surface area contributed by atoms with Crippen LogP contribution in [0.15, 0.2) is 0 Å². The van der Waals surface area contributed by atoms with Gasteiger partial charge in [0, 0.05) is 13.0 Å². The smallest absolute Gasteiger partial charge is 0.305 e. The second-order valence-electron chi connectivity index (χ2n) is 4.55. The number of rotatable bonds is 6. The summed E-state index contributed by atoms with van der Waals surface area (Å²) < 4.78 is 28.2. The molecule has 0 spiro atoms. The highest BCUT2D eigenvalue weighted by Crippen LogP contribution is 2.19. The van der Waals surface area contributed by atoms with Gasteiger partial charge in [-0.25, -0.2) is 8.42 Å². The molecule has 1 amide bonds. The standard InChI is InChI=1S/C12H21NO5S/c1-2-18-11(14)7-5-8-13-12(15)10-6-3-4-9-19(10,16)17/h10H,2-9H2,1H3,(H,13,15). The number of amides is 1. The number of hydrogen-bond acceptors (Lipinski definition) is 5. The van der Waals surface area contributed by atoms with Crippen molar-refractivity contribution >= 4 is 21.7 Å². The molecule has 1 aliphatic heterocycles. The average Bonchev–Trinajstić information content (AvgIpc) is 2.34. The third-order valence-corrected chi connectivity index (χ3v) is 5.21. The van der Waals surface area contributed by atoms with Crippen molar-refractivity contribution in [2.45, 2.75) is 44.3 Å². The van der Waals surface area contributed by atoms with Crippen LogP contribution in [0.5, 0.6) is 0 Å². The maximum absolute atomic E-state index is 11.8. The van der Waals surface area contributed by atoms with E-state index in [1.807, 2.05) is 0 Å². The van der Waals surface area contributed by atoms with E-state index in [9.17, 15) is 18.0 Å². The molecule has 110 valence electrons. The summed E-state index contributed by atoms with van der Waals surface area (Å²) in [4.78, 5) is 22.8. The summed E-state index contributed by atoms with van der Waals surface area (Å²) >= 11 is 0. The molecule has 19 heavy (non-hydrogen) atoms. The Morgan fingerprint density at radius 2 is 2.05 bits per heavy atom. The first-order chi connectivity index (χ1) is 8.97. The lowest BCUT2D eigenvalue weighted by atomic mass is 10.2. The van der Waals surface area contributed by atoms with Crippen molar-refractivity contribution in [1.29, 1.82) is 0 Å². The van der Waals surface area contributed by atoms with Gasteiger partial charge in [-0.1, -0.05) is 6.42 Å². The summed E-state index contributed by atoms with van der Waals surface area (Å²) in [5, 5.41) is 1.67. The highest BCUT2D eigenvalue weighted by atomic mass is 32.2. The van der Waals surface area contributed by atoms with Gasteiger partial charge in [0.05, 0.1) is 12.4 Å². The zero-order valence-electron chi connectivity index (χ0n) is 11.2. The molecule has 1 unspecified atom stereocenters. The Morgan fingerprint density at radius 1 is 1.32 bits per heavy atom. The van der Waals surface area contributed by atoms with E-state index in [-0.39, 0.29) is 18.1 Å². The van der Waals surface area contributed by atoms with Crippen LogP contribution in [0.4, 0.5) is 0 Å². The summed E-state index contributed by atoms with van der Waals surface area (Å²) in [5.41, 5.74) is 0. The van der Waals surface area contributed by atoms with E-state index < -0.39 is 21.0 Å². The van der Waals surface area contributed by atoms with Crippen LogP contribution >= 0.6 is 0 Å². The van der Waals surface area contributed by atoms with E-state index in [1.54, 1.807) is 6.92 Å². The number of hydrogen-bond donors (Lipinski definition) is 1. The van der Waals surface area contributed by atoms with Crippen LogP contribution in [-0.2, 0) is 24.2 Å². The molecule has 0 aromatic rings. The predicted octanol–water partition coefficient (Wildman–Crippen LogP) is 0.413. The highest BCUT2D eigenvalue weighted by molar-refractivity contribution is 7.92. The Labute approximate surface area is 113 Å². The van der Waals surface area contributed by atoms with Crippen LogP contribution in [0.2, 0.25) is 0 Å². The van der Waals surface area contributed by atoms with Gasteiger partial charge in [0.15, 0.2) is 9.84 Å². The van der Waals surface area contributed by atoms with Gasteiger partial charge in [-0.15, -0.1) is 0 Å². The van der Waals surface area contributed by atoms with Gasteiger partial charge in [-0.3, -0.25) is 9.59 Å². The zero-order chi connectivity index (χ0) is 14.3. The molecule has 1 aliphatic rings. The monoisotopic (exact) mass is 291 g/mol. The molecule has 0 aromatic heterocycles. The van der Waals surface area contributed by atoms with Crippen LogP contribution in [0.3, 0.4) is 0 Å². The normalized spacial score (nSPS) is 21.6. The lowest BCUT2D eigenvalue weighted by Gasteiger charge is -2.21. The summed E-state index contributed by atoms with van der Waals surface area (Å²) in [6.45, 7) is 2.36. The highest BCUT2D eigenvalue weighted by Gasteiger charge is 2.34. The van der Waals surface area contributed by atoms with Gasteiger partial charge >= 0.3 is 5.97 Å². The van der Waals surface area contributed by atoms with E-state index in [4.69, 9.17) is 4.74 Å². The fraction of sp³-hybridized carbons (Fsp3) is 0.833. The maximum Gasteiger partial charge on any atom is 0.305 e. The first-order valence-corrected chi connectivity index (χ1v) is 8.34. The first-order valence-electron chi connectivity index (χ1n) is 6.62. The summed E-state index contributed by atoms with van der Waals surface area (Å²) in [6, 6.07) is 0. The molecular formula is C12H21NO5S. The molecule has 1 N–H and O–H groups in total. The molecule has 6 nitrogen and oxygen atoms in total. The quantitative estimate of drug-likeness (QED) is 0.565. The molecule has 0 bridgehead atoms. The minimum Gasteiger partial charge on any atom is -0.466 e. The molecule has 7 heteroatoms. The Kier molecular flexibility index (Phi) is 6.27. The van der Waals surface area contributed by atoms with Gasteiger partial charge in [0.1, 0.15) is 5.25 Å². The number of esters is 1. The number of nitrogens with one attached hydrogen (secondary N) is 1. The van der Waals surface area contributed by atoms with Gasteiger partial charge in [0.25, 0.3) is 0 Å². The van der Waals surface area contributed by atoms with Crippen LogP contribution in [0.25, 0.3) is 0 Å². The summed E-state index contributed by atoms with van der Waals surface area (Å²) in [7, 11) is -3.29. The molecule has 1 saturated heterocycles. The lowest BCUT2D eigenvalue weighted by Crippen LogP contribution is -2.43. The summed E-state index contributed by atoms with van der Waals surface area (Å²) in [5.74, 6) is -0.654. The van der Waals surface area contributed by atoms with Gasteiger partial charge in [0.2, 0.25) is 5.91 Å². The zero-order valence-corrected chi connectivity index (χ0v) is 12.0.